The van der Waals surface area contributed by atoms with Crippen LogP contribution in [0.15, 0.2) is 24.3 Å². The summed E-state index contributed by atoms with van der Waals surface area (Å²) in [5.74, 6) is -1.53. The number of benzene rings is 1. The molecule has 0 saturated heterocycles. The molecule has 5 nitrogen and oxygen atoms in total. The molecule has 2 amide bonds. The molecule has 3 N–H and O–H groups in total. The molecule has 0 radical (unpaired) electrons. The van der Waals surface area contributed by atoms with Crippen molar-refractivity contribution < 1.29 is 14.7 Å². The highest BCUT2D eigenvalue weighted by atomic mass is 16.4. The predicted molar refractivity (Wildman–Crippen MR) is 77.7 cm³/mol. The third-order valence-corrected chi connectivity index (χ3v) is 3.44. The van der Waals surface area contributed by atoms with Gasteiger partial charge >= 0.3 is 12.0 Å². The molecule has 0 aliphatic rings. The van der Waals surface area contributed by atoms with Gasteiger partial charge in [-0.15, -0.1) is 0 Å². The number of carboxylic acid groups (broad SMARTS) is 1. The standard InChI is InChI=1S/C15H22N2O3/c1-10-6-4-5-7-13(10)8-9-16-15(20)17-12(3)11(2)14(18)19/h4-7,11-12H,8-9H2,1-3H3,(H,18,19)(H2,16,17,20). The molecule has 1 aromatic carbocycles. The Labute approximate surface area is 119 Å². The zero-order chi connectivity index (χ0) is 15.1. The number of carbonyl (C=O) groups is 2. The predicted octanol–water partition coefficient (Wildman–Crippen LogP) is 1.95. The Morgan fingerprint density at radius 1 is 1.25 bits per heavy atom. The summed E-state index contributed by atoms with van der Waals surface area (Å²) in [5, 5.41) is 14.2. The summed E-state index contributed by atoms with van der Waals surface area (Å²) < 4.78 is 0. The molecule has 0 aliphatic carbocycles. The van der Waals surface area contributed by atoms with E-state index in [0.29, 0.717) is 6.54 Å². The zero-order valence-electron chi connectivity index (χ0n) is 12.1. The lowest BCUT2D eigenvalue weighted by Crippen LogP contribution is -2.45. The topological polar surface area (TPSA) is 78.4 Å². The maximum atomic E-state index is 11.6. The van der Waals surface area contributed by atoms with Crippen LogP contribution in [0.1, 0.15) is 25.0 Å². The van der Waals surface area contributed by atoms with E-state index in [4.69, 9.17) is 5.11 Å². The number of hydrogen-bond donors (Lipinski definition) is 3. The second kappa shape index (κ2) is 7.53. The SMILES string of the molecule is Cc1ccccc1CCNC(=O)NC(C)C(C)C(=O)O. The minimum Gasteiger partial charge on any atom is -0.481 e. The Hall–Kier alpha value is -2.04. The van der Waals surface area contributed by atoms with Crippen molar-refractivity contribution in [1.82, 2.24) is 10.6 Å². The number of rotatable bonds is 6. The van der Waals surface area contributed by atoms with Crippen LogP contribution in [0, 0.1) is 12.8 Å². The highest BCUT2D eigenvalue weighted by Crippen LogP contribution is 2.07. The van der Waals surface area contributed by atoms with E-state index in [2.05, 4.69) is 10.6 Å². The molecule has 110 valence electrons. The number of hydrogen-bond acceptors (Lipinski definition) is 2. The molecule has 5 heteroatoms. The minimum atomic E-state index is -0.919. The van der Waals surface area contributed by atoms with Crippen molar-refractivity contribution in [2.24, 2.45) is 5.92 Å². The van der Waals surface area contributed by atoms with Gasteiger partial charge in [0.1, 0.15) is 0 Å². The van der Waals surface area contributed by atoms with Gasteiger partial charge in [-0.05, 0) is 38.3 Å². The largest absolute Gasteiger partial charge is 0.481 e. The number of carbonyl (C=O) groups excluding carboxylic acids is 1. The van der Waals surface area contributed by atoms with Crippen LogP contribution in [0.4, 0.5) is 4.79 Å². The average molecular weight is 278 g/mol. The van der Waals surface area contributed by atoms with E-state index in [9.17, 15) is 9.59 Å². The Morgan fingerprint density at radius 2 is 1.90 bits per heavy atom. The number of urea groups is 1. The summed E-state index contributed by atoms with van der Waals surface area (Å²) in [6.07, 6.45) is 0.753. The maximum absolute atomic E-state index is 11.6. The third-order valence-electron chi connectivity index (χ3n) is 3.44. The first-order valence-corrected chi connectivity index (χ1v) is 6.73. The molecule has 0 aliphatic heterocycles. The summed E-state index contributed by atoms with van der Waals surface area (Å²) in [6, 6.07) is 7.27. The second-order valence-corrected chi connectivity index (χ2v) is 4.99. The first-order valence-electron chi connectivity index (χ1n) is 6.73. The molecule has 0 heterocycles. The van der Waals surface area contributed by atoms with Gasteiger partial charge in [0, 0.05) is 12.6 Å². The first-order chi connectivity index (χ1) is 9.41. The van der Waals surface area contributed by atoms with E-state index in [1.54, 1.807) is 13.8 Å². The van der Waals surface area contributed by atoms with E-state index >= 15 is 0 Å². The summed E-state index contributed by atoms with van der Waals surface area (Å²) in [5.41, 5.74) is 2.39. The maximum Gasteiger partial charge on any atom is 0.315 e. The van der Waals surface area contributed by atoms with E-state index in [1.165, 1.54) is 11.1 Å². The van der Waals surface area contributed by atoms with Crippen molar-refractivity contribution in [1.29, 1.82) is 0 Å². The molecule has 0 fully saturated rings. The third kappa shape index (κ3) is 4.91. The van der Waals surface area contributed by atoms with Crippen molar-refractivity contribution in [3.05, 3.63) is 35.4 Å². The molecule has 2 unspecified atom stereocenters. The fourth-order valence-corrected chi connectivity index (χ4v) is 1.80. The van der Waals surface area contributed by atoms with Gasteiger partial charge in [-0.25, -0.2) is 4.79 Å². The molecule has 1 aromatic rings. The van der Waals surface area contributed by atoms with Gasteiger partial charge in [0.25, 0.3) is 0 Å². The Morgan fingerprint density at radius 3 is 2.50 bits per heavy atom. The van der Waals surface area contributed by atoms with Crippen LogP contribution in [0.25, 0.3) is 0 Å². The van der Waals surface area contributed by atoms with Gasteiger partial charge in [0.15, 0.2) is 0 Å². The minimum absolute atomic E-state index is 0.334. The van der Waals surface area contributed by atoms with Crippen LogP contribution in [0.5, 0.6) is 0 Å². The van der Waals surface area contributed by atoms with E-state index in [1.807, 2.05) is 31.2 Å². The average Bonchev–Trinajstić information content (AvgIpc) is 2.39. The quantitative estimate of drug-likeness (QED) is 0.744. The fraction of sp³-hybridized carbons (Fsp3) is 0.467. The van der Waals surface area contributed by atoms with Crippen molar-refractivity contribution in [3.8, 4) is 0 Å². The van der Waals surface area contributed by atoms with Crippen LogP contribution < -0.4 is 10.6 Å². The highest BCUT2D eigenvalue weighted by Gasteiger charge is 2.20. The zero-order valence-corrected chi connectivity index (χ0v) is 12.1. The Bertz CT molecular complexity index is 474. The number of amides is 2. The molecular formula is C15H22N2O3. The molecule has 0 bridgehead atoms. The van der Waals surface area contributed by atoms with Gasteiger partial charge in [0.2, 0.25) is 0 Å². The lowest BCUT2D eigenvalue weighted by molar-refractivity contribution is -0.141. The van der Waals surface area contributed by atoms with Crippen LogP contribution in [0.3, 0.4) is 0 Å². The molecular weight excluding hydrogens is 256 g/mol. The molecule has 20 heavy (non-hydrogen) atoms. The van der Waals surface area contributed by atoms with Crippen molar-refractivity contribution in [2.45, 2.75) is 33.2 Å². The van der Waals surface area contributed by atoms with Crippen LogP contribution >= 0.6 is 0 Å². The monoisotopic (exact) mass is 278 g/mol. The highest BCUT2D eigenvalue weighted by molar-refractivity contribution is 5.76. The smallest absolute Gasteiger partial charge is 0.315 e. The summed E-state index contributed by atoms with van der Waals surface area (Å²) in [6.45, 7) is 5.80. The summed E-state index contributed by atoms with van der Waals surface area (Å²) >= 11 is 0. The number of carboxylic acids is 1. The molecule has 2 atom stereocenters. The lowest BCUT2D eigenvalue weighted by Gasteiger charge is -2.18. The first kappa shape index (κ1) is 16.0. The van der Waals surface area contributed by atoms with E-state index in [0.717, 1.165) is 6.42 Å². The summed E-state index contributed by atoms with van der Waals surface area (Å²) in [4.78, 5) is 22.4. The fourth-order valence-electron chi connectivity index (χ4n) is 1.80. The van der Waals surface area contributed by atoms with Gasteiger partial charge in [0.05, 0.1) is 5.92 Å². The molecule has 0 spiro atoms. The summed E-state index contributed by atoms with van der Waals surface area (Å²) in [7, 11) is 0. The van der Waals surface area contributed by atoms with Gasteiger partial charge in [-0.3, -0.25) is 4.79 Å². The van der Waals surface area contributed by atoms with Crippen LogP contribution in [-0.4, -0.2) is 29.7 Å². The Balaban J connectivity index is 2.34. The number of aliphatic carboxylic acids is 1. The van der Waals surface area contributed by atoms with E-state index in [-0.39, 0.29) is 6.03 Å². The van der Waals surface area contributed by atoms with Crippen LogP contribution in [-0.2, 0) is 11.2 Å². The van der Waals surface area contributed by atoms with Gasteiger partial charge in [-0.1, -0.05) is 24.3 Å². The lowest BCUT2D eigenvalue weighted by atomic mass is 10.0. The Kier molecular flexibility index (Phi) is 6.03. The molecule has 1 rings (SSSR count). The van der Waals surface area contributed by atoms with Crippen molar-refractivity contribution in [3.63, 3.8) is 0 Å². The number of nitrogens with one attached hydrogen (secondary N) is 2. The van der Waals surface area contributed by atoms with E-state index < -0.39 is 17.9 Å². The van der Waals surface area contributed by atoms with Gasteiger partial charge < -0.3 is 15.7 Å². The molecule has 0 saturated carbocycles. The molecule has 0 aromatic heterocycles. The van der Waals surface area contributed by atoms with Gasteiger partial charge in [-0.2, -0.15) is 0 Å². The number of aryl methyl sites for hydroxylation is 1. The van der Waals surface area contributed by atoms with Crippen molar-refractivity contribution in [2.75, 3.05) is 6.54 Å². The normalized spacial score (nSPS) is 13.3. The van der Waals surface area contributed by atoms with Crippen LogP contribution in [0.2, 0.25) is 0 Å². The van der Waals surface area contributed by atoms with Crippen molar-refractivity contribution >= 4 is 12.0 Å². The second-order valence-electron chi connectivity index (χ2n) is 4.99.